The summed E-state index contributed by atoms with van der Waals surface area (Å²) in [5.41, 5.74) is 1.37. The van der Waals surface area contributed by atoms with Gasteiger partial charge in [0, 0.05) is 14.1 Å². The van der Waals surface area contributed by atoms with Crippen molar-refractivity contribution in [2.24, 2.45) is 0 Å². The smallest absolute Gasteiger partial charge is 0.0329 e. The van der Waals surface area contributed by atoms with Gasteiger partial charge >= 0.3 is 0 Å². The van der Waals surface area contributed by atoms with E-state index in [2.05, 4.69) is 75.9 Å². The lowest BCUT2D eigenvalue weighted by molar-refractivity contribution is 0.516. The van der Waals surface area contributed by atoms with E-state index in [4.69, 9.17) is 0 Å². The van der Waals surface area contributed by atoms with E-state index in [1.807, 2.05) is 0 Å². The van der Waals surface area contributed by atoms with Gasteiger partial charge in [-0.05, 0) is 65.7 Å². The van der Waals surface area contributed by atoms with E-state index in [1.165, 1.54) is 20.0 Å². The first-order valence-electron chi connectivity index (χ1n) is 5.37. The van der Waals surface area contributed by atoms with Gasteiger partial charge in [-0.15, -0.1) is 0 Å². The van der Waals surface area contributed by atoms with Crippen LogP contribution in [0.25, 0.3) is 0 Å². The van der Waals surface area contributed by atoms with Gasteiger partial charge in [-0.1, -0.05) is 29.8 Å². The first kappa shape index (κ1) is 13.5. The van der Waals surface area contributed by atoms with Crippen LogP contribution in [0.15, 0.2) is 22.7 Å². The average molecular weight is 382 g/mol. The second-order valence-corrected chi connectivity index (χ2v) is 5.68. The number of halogens is 2. The molecule has 0 saturated carbocycles. The monoisotopic (exact) mass is 381 g/mol. The third-order valence-electron chi connectivity index (χ3n) is 2.38. The second-order valence-electron chi connectivity index (χ2n) is 3.58. The molecule has 0 amide bonds. The molecule has 1 aromatic carbocycles. The van der Waals surface area contributed by atoms with Crippen LogP contribution >= 0.6 is 38.5 Å². The van der Waals surface area contributed by atoms with Crippen LogP contribution in [-0.2, 0) is 0 Å². The molecule has 84 valence electrons. The zero-order valence-electron chi connectivity index (χ0n) is 9.19. The Morgan fingerprint density at radius 1 is 1.40 bits per heavy atom. The molecule has 0 aliphatic rings. The Bertz CT molecular complexity index is 314. The highest BCUT2D eigenvalue weighted by molar-refractivity contribution is 14.1. The summed E-state index contributed by atoms with van der Waals surface area (Å²) in [4.78, 5) is 0. The van der Waals surface area contributed by atoms with Crippen molar-refractivity contribution in [2.75, 3.05) is 6.54 Å². The summed E-state index contributed by atoms with van der Waals surface area (Å²) in [6.07, 6.45) is 2.30. The molecule has 0 spiro atoms. The SMILES string of the molecule is CCCNC(CC)c1cc(I)ccc1Br. The Morgan fingerprint density at radius 2 is 2.13 bits per heavy atom. The second kappa shape index (κ2) is 6.86. The molecule has 0 heterocycles. The highest BCUT2D eigenvalue weighted by Gasteiger charge is 2.11. The average Bonchev–Trinajstić information content (AvgIpc) is 2.24. The molecule has 1 atom stereocenters. The molecule has 0 aliphatic carbocycles. The number of hydrogen-bond acceptors (Lipinski definition) is 1. The van der Waals surface area contributed by atoms with Crippen molar-refractivity contribution in [2.45, 2.75) is 32.7 Å². The fraction of sp³-hybridized carbons (Fsp3) is 0.500. The lowest BCUT2D eigenvalue weighted by Crippen LogP contribution is -2.21. The standard InChI is InChI=1S/C12H17BrIN/c1-3-7-15-12(4-2)10-8-9(14)5-6-11(10)13/h5-6,8,12,15H,3-4,7H2,1-2H3. The van der Waals surface area contributed by atoms with Gasteiger partial charge in [0.2, 0.25) is 0 Å². The van der Waals surface area contributed by atoms with Crippen LogP contribution in [0.1, 0.15) is 38.3 Å². The lowest BCUT2D eigenvalue weighted by Gasteiger charge is -2.18. The van der Waals surface area contributed by atoms with Crippen LogP contribution < -0.4 is 5.32 Å². The number of benzene rings is 1. The Kier molecular flexibility index (Phi) is 6.16. The van der Waals surface area contributed by atoms with Crippen LogP contribution in [-0.4, -0.2) is 6.54 Å². The minimum atomic E-state index is 0.467. The molecular formula is C12H17BrIN. The molecule has 0 fully saturated rings. The van der Waals surface area contributed by atoms with Crippen LogP contribution in [0.3, 0.4) is 0 Å². The van der Waals surface area contributed by atoms with E-state index in [0.29, 0.717) is 6.04 Å². The van der Waals surface area contributed by atoms with Crippen molar-refractivity contribution in [3.63, 3.8) is 0 Å². The van der Waals surface area contributed by atoms with Crippen molar-refractivity contribution in [3.05, 3.63) is 31.8 Å². The van der Waals surface area contributed by atoms with Gasteiger partial charge in [-0.3, -0.25) is 0 Å². The van der Waals surface area contributed by atoms with Crippen molar-refractivity contribution >= 4 is 38.5 Å². The zero-order chi connectivity index (χ0) is 11.3. The van der Waals surface area contributed by atoms with E-state index in [-0.39, 0.29) is 0 Å². The molecule has 0 aliphatic heterocycles. The maximum absolute atomic E-state index is 3.62. The Balaban J connectivity index is 2.85. The fourth-order valence-electron chi connectivity index (χ4n) is 1.57. The summed E-state index contributed by atoms with van der Waals surface area (Å²) in [7, 11) is 0. The van der Waals surface area contributed by atoms with Gasteiger partial charge in [0.05, 0.1) is 0 Å². The van der Waals surface area contributed by atoms with E-state index < -0.39 is 0 Å². The van der Waals surface area contributed by atoms with E-state index in [9.17, 15) is 0 Å². The summed E-state index contributed by atoms with van der Waals surface area (Å²) in [5, 5.41) is 3.57. The van der Waals surface area contributed by atoms with Gasteiger partial charge in [0.15, 0.2) is 0 Å². The van der Waals surface area contributed by atoms with Crippen molar-refractivity contribution in [1.82, 2.24) is 5.32 Å². The molecule has 1 N–H and O–H groups in total. The van der Waals surface area contributed by atoms with E-state index >= 15 is 0 Å². The highest BCUT2D eigenvalue weighted by atomic mass is 127. The number of hydrogen-bond donors (Lipinski definition) is 1. The zero-order valence-corrected chi connectivity index (χ0v) is 12.9. The summed E-state index contributed by atoms with van der Waals surface area (Å²) in [5.74, 6) is 0. The molecule has 1 rings (SSSR count). The first-order valence-corrected chi connectivity index (χ1v) is 7.24. The maximum Gasteiger partial charge on any atom is 0.0329 e. The number of rotatable bonds is 5. The predicted molar refractivity (Wildman–Crippen MR) is 78.2 cm³/mol. The minimum Gasteiger partial charge on any atom is -0.310 e. The predicted octanol–water partition coefficient (Wildman–Crippen LogP) is 4.50. The molecule has 0 aromatic heterocycles. The molecule has 1 unspecified atom stereocenters. The molecule has 3 heteroatoms. The maximum atomic E-state index is 3.62. The van der Waals surface area contributed by atoms with Gasteiger partial charge in [0.1, 0.15) is 0 Å². The van der Waals surface area contributed by atoms with Crippen molar-refractivity contribution in [1.29, 1.82) is 0 Å². The summed E-state index contributed by atoms with van der Waals surface area (Å²) < 4.78 is 2.50. The highest BCUT2D eigenvalue weighted by Crippen LogP contribution is 2.27. The molecule has 1 nitrogen and oxygen atoms in total. The molecule has 1 aromatic rings. The van der Waals surface area contributed by atoms with E-state index in [1.54, 1.807) is 0 Å². The Morgan fingerprint density at radius 3 is 2.73 bits per heavy atom. The Labute approximate surface area is 114 Å². The normalized spacial score (nSPS) is 12.8. The third kappa shape index (κ3) is 4.04. The summed E-state index contributed by atoms with van der Waals surface area (Å²) in [6.45, 7) is 5.50. The molecule has 0 bridgehead atoms. The van der Waals surface area contributed by atoms with Gasteiger partial charge < -0.3 is 5.32 Å². The third-order valence-corrected chi connectivity index (χ3v) is 3.78. The van der Waals surface area contributed by atoms with Gasteiger partial charge in [-0.25, -0.2) is 0 Å². The summed E-state index contributed by atoms with van der Waals surface area (Å²) in [6, 6.07) is 6.98. The Hall–Kier alpha value is 0.390. The van der Waals surface area contributed by atoms with Crippen LogP contribution in [0.4, 0.5) is 0 Å². The first-order chi connectivity index (χ1) is 7.19. The summed E-state index contributed by atoms with van der Waals surface area (Å²) >= 11 is 5.98. The quantitative estimate of drug-likeness (QED) is 0.740. The van der Waals surface area contributed by atoms with Gasteiger partial charge in [0.25, 0.3) is 0 Å². The van der Waals surface area contributed by atoms with Crippen LogP contribution in [0, 0.1) is 3.57 Å². The number of nitrogens with one attached hydrogen (secondary N) is 1. The van der Waals surface area contributed by atoms with Crippen LogP contribution in [0.2, 0.25) is 0 Å². The molecule has 0 radical (unpaired) electrons. The molecule has 0 saturated heterocycles. The van der Waals surface area contributed by atoms with E-state index in [0.717, 1.165) is 13.0 Å². The van der Waals surface area contributed by atoms with Gasteiger partial charge in [-0.2, -0.15) is 0 Å². The minimum absolute atomic E-state index is 0.467. The van der Waals surface area contributed by atoms with Crippen LogP contribution in [0.5, 0.6) is 0 Å². The topological polar surface area (TPSA) is 12.0 Å². The largest absolute Gasteiger partial charge is 0.310 e. The van der Waals surface area contributed by atoms with Crippen molar-refractivity contribution in [3.8, 4) is 0 Å². The fourth-order valence-corrected chi connectivity index (χ4v) is 2.61. The molecule has 15 heavy (non-hydrogen) atoms. The van der Waals surface area contributed by atoms with Crippen molar-refractivity contribution < 1.29 is 0 Å². The lowest BCUT2D eigenvalue weighted by atomic mass is 10.0. The molecular weight excluding hydrogens is 365 g/mol.